The average Bonchev–Trinajstić information content (AvgIpc) is 2.69. The summed E-state index contributed by atoms with van der Waals surface area (Å²) >= 11 is 0. The van der Waals surface area contributed by atoms with Crippen molar-refractivity contribution in [3.8, 4) is 5.88 Å². The van der Waals surface area contributed by atoms with E-state index in [-0.39, 0.29) is 6.61 Å². The monoisotopic (exact) mass is 383 g/mol. The van der Waals surface area contributed by atoms with E-state index in [2.05, 4.69) is 15.1 Å². The molecule has 0 fully saturated rings. The van der Waals surface area contributed by atoms with Crippen LogP contribution in [0, 0.1) is 13.8 Å². The number of oxime groups is 1. The van der Waals surface area contributed by atoms with E-state index in [9.17, 15) is 4.79 Å². The van der Waals surface area contributed by atoms with Crippen LogP contribution in [-0.4, -0.2) is 35.9 Å². The first kappa shape index (κ1) is 21.1. The molecule has 0 spiro atoms. The highest BCUT2D eigenvalue weighted by atomic mass is 16.6. The van der Waals surface area contributed by atoms with E-state index in [1.54, 1.807) is 19.9 Å². The molecule has 7 heteroatoms. The summed E-state index contributed by atoms with van der Waals surface area (Å²) < 4.78 is 10.9. The fraction of sp³-hybridized carbons (Fsp3) is 0.333. The van der Waals surface area contributed by atoms with Crippen LogP contribution in [0.25, 0.3) is 5.57 Å². The molecule has 0 saturated carbocycles. The maximum atomic E-state index is 12.1. The van der Waals surface area contributed by atoms with E-state index in [1.807, 2.05) is 38.1 Å². The minimum absolute atomic E-state index is 0.238. The van der Waals surface area contributed by atoms with Gasteiger partial charge in [0.2, 0.25) is 5.88 Å². The Bertz CT molecular complexity index is 920. The molecule has 2 aromatic rings. The van der Waals surface area contributed by atoms with Crippen LogP contribution >= 0.6 is 0 Å². The number of hydrogen-bond acceptors (Lipinski definition) is 7. The Kier molecular flexibility index (Phi) is 7.26. The van der Waals surface area contributed by atoms with Gasteiger partial charge in [0.05, 0.1) is 18.4 Å². The van der Waals surface area contributed by atoms with Crippen molar-refractivity contribution in [1.82, 2.24) is 9.97 Å². The molecule has 0 saturated heterocycles. The number of aromatic nitrogens is 2. The predicted molar refractivity (Wildman–Crippen MR) is 107 cm³/mol. The summed E-state index contributed by atoms with van der Waals surface area (Å²) in [7, 11) is 2.85. The normalized spacial score (nSPS) is 11.9. The minimum Gasteiger partial charge on any atom is -0.472 e. The Morgan fingerprint density at radius 2 is 1.89 bits per heavy atom. The molecule has 1 heterocycles. The fourth-order valence-electron chi connectivity index (χ4n) is 2.82. The summed E-state index contributed by atoms with van der Waals surface area (Å²) in [5.41, 5.74) is 4.17. The van der Waals surface area contributed by atoms with Gasteiger partial charge in [-0.1, -0.05) is 35.5 Å². The van der Waals surface area contributed by atoms with Gasteiger partial charge in [-0.05, 0) is 38.8 Å². The molecule has 0 aliphatic rings. The molecule has 0 radical (unpaired) electrons. The summed E-state index contributed by atoms with van der Waals surface area (Å²) in [6, 6.07) is 7.53. The van der Waals surface area contributed by atoms with Crippen LogP contribution < -0.4 is 4.74 Å². The predicted octanol–water partition coefficient (Wildman–Crippen LogP) is 3.62. The van der Waals surface area contributed by atoms with Crippen molar-refractivity contribution in [1.29, 1.82) is 0 Å². The average molecular weight is 383 g/mol. The Morgan fingerprint density at radius 3 is 2.54 bits per heavy atom. The van der Waals surface area contributed by atoms with Crippen LogP contribution in [0.3, 0.4) is 0 Å². The number of allylic oxidation sites excluding steroid dienone is 1. The summed E-state index contributed by atoms with van der Waals surface area (Å²) in [6.07, 6.45) is 1.73. The highest BCUT2D eigenvalue weighted by Crippen LogP contribution is 2.24. The number of methoxy groups -OCH3 is 1. The van der Waals surface area contributed by atoms with Crippen LogP contribution in [-0.2, 0) is 21.0 Å². The van der Waals surface area contributed by atoms with Gasteiger partial charge in [0.15, 0.2) is 0 Å². The second-order valence-corrected chi connectivity index (χ2v) is 6.05. The Labute approximate surface area is 165 Å². The van der Waals surface area contributed by atoms with Gasteiger partial charge in [0.1, 0.15) is 25.3 Å². The maximum Gasteiger partial charge on any atom is 0.338 e. The van der Waals surface area contributed by atoms with Crippen molar-refractivity contribution in [2.45, 2.75) is 34.3 Å². The molecule has 0 aliphatic carbocycles. The molecule has 0 N–H and O–H groups in total. The third-order valence-electron chi connectivity index (χ3n) is 4.15. The fourth-order valence-corrected chi connectivity index (χ4v) is 2.82. The zero-order valence-corrected chi connectivity index (χ0v) is 17.1. The molecule has 0 amide bonds. The number of rotatable bonds is 7. The van der Waals surface area contributed by atoms with Gasteiger partial charge in [-0.3, -0.25) is 0 Å². The topological polar surface area (TPSA) is 82.9 Å². The molecule has 28 heavy (non-hydrogen) atoms. The Hall–Kier alpha value is -3.22. The second-order valence-electron chi connectivity index (χ2n) is 6.05. The van der Waals surface area contributed by atoms with Crippen LogP contribution in [0.15, 0.2) is 35.5 Å². The maximum absolute atomic E-state index is 12.1. The molecule has 0 atom stereocenters. The SMILES string of the molecule is C/C=C(\C(=O)OC)c1ccccc1COc1nc(C)nc(/C(C)=N\OC)c1C. The lowest BCUT2D eigenvalue weighted by molar-refractivity contribution is -0.133. The van der Waals surface area contributed by atoms with Gasteiger partial charge in [0, 0.05) is 5.56 Å². The lowest BCUT2D eigenvalue weighted by atomic mass is 10.00. The summed E-state index contributed by atoms with van der Waals surface area (Å²) in [5, 5.41) is 3.95. The second kappa shape index (κ2) is 9.64. The van der Waals surface area contributed by atoms with Gasteiger partial charge < -0.3 is 14.3 Å². The molecular weight excluding hydrogens is 358 g/mol. The number of carbonyl (C=O) groups excluding carboxylic acids is 1. The van der Waals surface area contributed by atoms with E-state index in [0.717, 1.165) is 16.7 Å². The first-order chi connectivity index (χ1) is 13.4. The highest BCUT2D eigenvalue weighted by molar-refractivity contribution is 6.16. The van der Waals surface area contributed by atoms with Gasteiger partial charge in [-0.25, -0.2) is 9.78 Å². The lowest BCUT2D eigenvalue weighted by Gasteiger charge is -2.15. The molecule has 0 unspecified atom stereocenters. The van der Waals surface area contributed by atoms with Crippen molar-refractivity contribution < 1.29 is 19.1 Å². The van der Waals surface area contributed by atoms with Crippen molar-refractivity contribution in [2.24, 2.45) is 5.16 Å². The van der Waals surface area contributed by atoms with Crippen LogP contribution in [0.4, 0.5) is 0 Å². The van der Waals surface area contributed by atoms with Gasteiger partial charge in [0.25, 0.3) is 0 Å². The van der Waals surface area contributed by atoms with Gasteiger partial charge in [-0.15, -0.1) is 0 Å². The molecule has 0 bridgehead atoms. The zero-order valence-electron chi connectivity index (χ0n) is 17.1. The third kappa shape index (κ3) is 4.73. The quantitative estimate of drug-likeness (QED) is 0.314. The van der Waals surface area contributed by atoms with E-state index in [0.29, 0.717) is 28.7 Å². The zero-order chi connectivity index (χ0) is 20.7. The minimum atomic E-state index is -0.391. The number of nitrogens with zero attached hydrogens (tertiary/aromatic N) is 3. The number of ether oxygens (including phenoxy) is 2. The van der Waals surface area contributed by atoms with Crippen LogP contribution in [0.2, 0.25) is 0 Å². The van der Waals surface area contributed by atoms with E-state index in [4.69, 9.17) is 14.3 Å². The number of benzene rings is 1. The molecule has 148 valence electrons. The highest BCUT2D eigenvalue weighted by Gasteiger charge is 2.17. The molecule has 0 aliphatic heterocycles. The van der Waals surface area contributed by atoms with Crippen molar-refractivity contribution in [3.63, 3.8) is 0 Å². The van der Waals surface area contributed by atoms with Crippen LogP contribution in [0.1, 0.15) is 42.1 Å². The van der Waals surface area contributed by atoms with E-state index < -0.39 is 5.97 Å². The van der Waals surface area contributed by atoms with E-state index in [1.165, 1.54) is 14.2 Å². The molecule has 1 aromatic heterocycles. The smallest absolute Gasteiger partial charge is 0.338 e. The first-order valence-corrected chi connectivity index (χ1v) is 8.82. The lowest BCUT2D eigenvalue weighted by Crippen LogP contribution is -2.11. The van der Waals surface area contributed by atoms with Gasteiger partial charge >= 0.3 is 5.97 Å². The summed E-state index contributed by atoms with van der Waals surface area (Å²) in [5.74, 6) is 0.638. The standard InChI is InChI=1S/C21H25N3O4/c1-7-17(21(25)26-5)18-11-9-8-10-16(18)12-28-20-13(2)19(14(3)24-27-6)22-15(4)23-20/h7-11H,12H2,1-6H3/b17-7-,24-14-. The molecule has 2 rings (SSSR count). The number of aryl methyl sites for hydroxylation is 1. The largest absolute Gasteiger partial charge is 0.472 e. The van der Waals surface area contributed by atoms with Crippen molar-refractivity contribution in [3.05, 3.63) is 58.6 Å². The van der Waals surface area contributed by atoms with Crippen molar-refractivity contribution in [2.75, 3.05) is 14.2 Å². The molecule has 7 nitrogen and oxygen atoms in total. The number of carbonyl (C=O) groups is 1. The summed E-state index contributed by atoms with van der Waals surface area (Å²) in [6.45, 7) is 7.51. The summed E-state index contributed by atoms with van der Waals surface area (Å²) in [4.78, 5) is 25.7. The van der Waals surface area contributed by atoms with Gasteiger partial charge in [-0.2, -0.15) is 4.98 Å². The third-order valence-corrected chi connectivity index (χ3v) is 4.15. The van der Waals surface area contributed by atoms with E-state index >= 15 is 0 Å². The molecular formula is C21H25N3O4. The first-order valence-electron chi connectivity index (χ1n) is 8.82. The number of esters is 1. The van der Waals surface area contributed by atoms with Crippen molar-refractivity contribution >= 4 is 17.3 Å². The Balaban J connectivity index is 2.36. The molecule has 1 aromatic carbocycles. The Morgan fingerprint density at radius 1 is 1.18 bits per heavy atom. The van der Waals surface area contributed by atoms with Crippen LogP contribution in [0.5, 0.6) is 5.88 Å². The number of hydrogen-bond donors (Lipinski definition) is 0.